The van der Waals surface area contributed by atoms with Gasteiger partial charge in [0.1, 0.15) is 0 Å². The van der Waals surface area contributed by atoms with Crippen molar-refractivity contribution < 1.29 is 5.21 Å². The topological polar surface area (TPSA) is 56.4 Å². The van der Waals surface area contributed by atoms with Crippen molar-refractivity contribution in [3.05, 3.63) is 0 Å². The Morgan fingerprint density at radius 1 is 1.80 bits per heavy atom. The molecule has 0 amide bonds. The van der Waals surface area contributed by atoms with Crippen LogP contribution in [0.1, 0.15) is 0 Å². The monoisotopic (exact) mass is 72.0 g/mol. The van der Waals surface area contributed by atoms with E-state index in [0.29, 0.717) is 0 Å². The van der Waals surface area contributed by atoms with Crippen LogP contribution >= 0.6 is 0 Å². The van der Waals surface area contributed by atoms with Crippen molar-refractivity contribution in [1.82, 2.24) is 0 Å². The molecule has 0 unspecified atom stereocenters. The van der Waals surface area contributed by atoms with E-state index in [9.17, 15) is 0 Å². The highest BCUT2D eigenvalue weighted by Gasteiger charge is 1.46. The Bertz CT molecular complexity index is 49.6. The smallest absolute Gasteiger partial charge is 0.0837 e. The van der Waals surface area contributed by atoms with Crippen molar-refractivity contribution in [3.63, 3.8) is 0 Å². The third-order valence-electron chi connectivity index (χ3n) is 0.141. The molecule has 0 rings (SSSR count). The van der Waals surface area contributed by atoms with Gasteiger partial charge in [0, 0.05) is 6.21 Å². The molecule has 3 heteroatoms. The Labute approximate surface area is 29.4 Å². The average molecular weight is 72.1 g/mol. The summed E-state index contributed by atoms with van der Waals surface area (Å²) < 4.78 is 0. The summed E-state index contributed by atoms with van der Waals surface area (Å²) in [5.41, 5.74) is 0. The van der Waals surface area contributed by atoms with Gasteiger partial charge >= 0.3 is 0 Å². The Morgan fingerprint density at radius 3 is 2.40 bits per heavy atom. The number of oxime groups is 1. The first-order chi connectivity index (χ1) is 2.41. The summed E-state index contributed by atoms with van der Waals surface area (Å²) in [6.45, 7) is 0. The molecule has 0 radical (unpaired) electrons. The van der Waals surface area contributed by atoms with Gasteiger partial charge in [-0.05, 0) is 0 Å². The molecule has 0 aliphatic rings. The molecule has 0 fully saturated rings. The van der Waals surface area contributed by atoms with Gasteiger partial charge in [-0.2, -0.15) is 0 Å². The molecule has 0 bridgehead atoms. The number of nitrogens with one attached hydrogen (secondary N) is 1. The van der Waals surface area contributed by atoms with Crippen LogP contribution in [0.3, 0.4) is 0 Å². The van der Waals surface area contributed by atoms with Gasteiger partial charge in [-0.1, -0.05) is 5.16 Å². The molecule has 0 aliphatic heterocycles. The van der Waals surface area contributed by atoms with Crippen molar-refractivity contribution in [1.29, 1.82) is 5.41 Å². The minimum absolute atomic E-state index is 0.889. The number of hydrogen-bond donors (Lipinski definition) is 2. The van der Waals surface area contributed by atoms with Gasteiger partial charge in [-0.15, -0.1) is 0 Å². The molecular weight excluding hydrogens is 68.0 g/mol. The largest absolute Gasteiger partial charge is 0.411 e. The van der Waals surface area contributed by atoms with E-state index in [4.69, 9.17) is 10.6 Å². The van der Waals surface area contributed by atoms with Crippen LogP contribution in [0.15, 0.2) is 5.16 Å². The summed E-state index contributed by atoms with van der Waals surface area (Å²) in [5, 5.41) is 16.1. The van der Waals surface area contributed by atoms with Crippen molar-refractivity contribution in [2.45, 2.75) is 0 Å². The number of nitrogens with zero attached hydrogens (tertiary/aromatic N) is 1. The average Bonchev–Trinajstić information content (AvgIpc) is 1.41. The molecule has 0 saturated carbocycles. The van der Waals surface area contributed by atoms with Gasteiger partial charge in [-0.3, -0.25) is 0 Å². The third-order valence-corrected chi connectivity index (χ3v) is 0.141. The summed E-state index contributed by atoms with van der Waals surface area (Å²) in [6.07, 6.45) is 1.86. The van der Waals surface area contributed by atoms with E-state index in [2.05, 4.69) is 5.16 Å². The van der Waals surface area contributed by atoms with Crippen LogP contribution in [0, 0.1) is 5.41 Å². The maximum absolute atomic E-state index is 7.48. The fourth-order valence-corrected chi connectivity index (χ4v) is 0.0333. The quantitative estimate of drug-likeness (QED) is 0.257. The second-order valence-electron chi connectivity index (χ2n) is 0.431. The highest BCUT2D eigenvalue weighted by molar-refractivity contribution is 6.14. The van der Waals surface area contributed by atoms with Crippen molar-refractivity contribution >= 4 is 12.4 Å². The van der Waals surface area contributed by atoms with Gasteiger partial charge in [0.15, 0.2) is 0 Å². The molecule has 0 aromatic heterocycles. The van der Waals surface area contributed by atoms with E-state index in [1.54, 1.807) is 0 Å². The van der Waals surface area contributed by atoms with Gasteiger partial charge in [0.2, 0.25) is 0 Å². The molecule has 3 nitrogen and oxygen atoms in total. The molecule has 0 aliphatic carbocycles. The first-order valence-corrected chi connectivity index (χ1v) is 1.08. The first-order valence-electron chi connectivity index (χ1n) is 1.08. The van der Waals surface area contributed by atoms with Crippen LogP contribution in [0.25, 0.3) is 0 Å². The fourth-order valence-electron chi connectivity index (χ4n) is 0.0333. The molecule has 0 atom stereocenters. The summed E-state index contributed by atoms with van der Waals surface area (Å²) in [6, 6.07) is 0. The maximum atomic E-state index is 7.48. The van der Waals surface area contributed by atoms with Crippen molar-refractivity contribution in [2.24, 2.45) is 5.16 Å². The zero-order chi connectivity index (χ0) is 4.12. The normalized spacial score (nSPS) is 8.80. The molecule has 0 saturated heterocycles. The lowest BCUT2D eigenvalue weighted by Crippen LogP contribution is -1.65. The molecule has 28 valence electrons. The van der Waals surface area contributed by atoms with Gasteiger partial charge in [-0.25, -0.2) is 0 Å². The van der Waals surface area contributed by atoms with Crippen LogP contribution in [0.5, 0.6) is 0 Å². The minimum Gasteiger partial charge on any atom is -0.411 e. The second-order valence-corrected chi connectivity index (χ2v) is 0.431. The molecule has 0 aromatic carbocycles. The SMILES string of the molecule is N=C/C=N/O. The third kappa shape index (κ3) is 3.14. The fraction of sp³-hybridized carbons (Fsp3) is 0. The number of hydrogen-bond acceptors (Lipinski definition) is 3. The van der Waals surface area contributed by atoms with Gasteiger partial charge in [0.05, 0.1) is 6.21 Å². The van der Waals surface area contributed by atoms with Crippen molar-refractivity contribution in [3.8, 4) is 0 Å². The van der Waals surface area contributed by atoms with E-state index in [-0.39, 0.29) is 0 Å². The zero-order valence-corrected chi connectivity index (χ0v) is 2.55. The molecule has 5 heavy (non-hydrogen) atoms. The lowest BCUT2D eigenvalue weighted by atomic mass is 10.8. The maximum Gasteiger partial charge on any atom is 0.0837 e. The van der Waals surface area contributed by atoms with Crippen LogP contribution < -0.4 is 0 Å². The Kier molecular flexibility index (Phi) is 2.60. The van der Waals surface area contributed by atoms with E-state index < -0.39 is 0 Å². The Morgan fingerprint density at radius 2 is 2.40 bits per heavy atom. The lowest BCUT2D eigenvalue weighted by Gasteiger charge is -1.57. The Hall–Kier alpha value is -0.860. The Balaban J connectivity index is 2.92. The molecular formula is C2H4N2O. The summed E-state index contributed by atoms with van der Waals surface area (Å²) in [4.78, 5) is 0. The van der Waals surface area contributed by atoms with E-state index in [1.165, 1.54) is 0 Å². The summed E-state index contributed by atoms with van der Waals surface area (Å²) >= 11 is 0. The van der Waals surface area contributed by atoms with E-state index in [0.717, 1.165) is 12.4 Å². The summed E-state index contributed by atoms with van der Waals surface area (Å²) in [5.74, 6) is 0. The zero-order valence-electron chi connectivity index (χ0n) is 2.55. The standard InChI is InChI=1S/C2H4N2O/c3-1-2-4-5/h1-3,5H/b3-1?,4-2+. The second kappa shape index (κ2) is 3.14. The van der Waals surface area contributed by atoms with Gasteiger partial charge < -0.3 is 10.6 Å². The summed E-state index contributed by atoms with van der Waals surface area (Å²) in [7, 11) is 0. The predicted octanol–water partition coefficient (Wildman–Crippen LogP) is 0.0960. The molecule has 0 spiro atoms. The van der Waals surface area contributed by atoms with Crippen LogP contribution in [-0.4, -0.2) is 17.6 Å². The highest BCUT2D eigenvalue weighted by atomic mass is 16.4. The molecule has 0 aromatic rings. The minimum atomic E-state index is 0.889. The van der Waals surface area contributed by atoms with Crippen LogP contribution in [0.2, 0.25) is 0 Å². The van der Waals surface area contributed by atoms with Crippen molar-refractivity contribution in [2.75, 3.05) is 0 Å². The van der Waals surface area contributed by atoms with Gasteiger partial charge in [0.25, 0.3) is 0 Å². The van der Waals surface area contributed by atoms with E-state index in [1.807, 2.05) is 0 Å². The highest BCUT2D eigenvalue weighted by Crippen LogP contribution is 1.37. The number of rotatable bonds is 1. The first kappa shape index (κ1) is 4.14. The van der Waals surface area contributed by atoms with Crippen LogP contribution in [-0.2, 0) is 0 Å². The predicted molar refractivity (Wildman–Crippen MR) is 19.1 cm³/mol. The van der Waals surface area contributed by atoms with E-state index >= 15 is 0 Å². The van der Waals surface area contributed by atoms with Crippen LogP contribution in [0.4, 0.5) is 0 Å². The lowest BCUT2D eigenvalue weighted by molar-refractivity contribution is 0.322. The molecule has 0 heterocycles. The molecule has 2 N–H and O–H groups in total.